The summed E-state index contributed by atoms with van der Waals surface area (Å²) in [4.78, 5) is 11.9. The molecule has 0 radical (unpaired) electrons. The summed E-state index contributed by atoms with van der Waals surface area (Å²) in [6.45, 7) is 1.48. The van der Waals surface area contributed by atoms with Crippen molar-refractivity contribution in [2.45, 2.75) is 19.3 Å². The third-order valence-corrected chi connectivity index (χ3v) is 4.12. The van der Waals surface area contributed by atoms with Gasteiger partial charge in [-0.1, -0.05) is 15.9 Å². The van der Waals surface area contributed by atoms with Gasteiger partial charge in [-0.15, -0.1) is 0 Å². The van der Waals surface area contributed by atoms with Crippen LogP contribution < -0.4 is 5.32 Å². The number of carbonyl (C=O) groups excluding carboxylic acids is 1. The molecular weight excluding hydrogens is 282 g/mol. The van der Waals surface area contributed by atoms with Gasteiger partial charge in [0.05, 0.1) is 6.61 Å². The van der Waals surface area contributed by atoms with Gasteiger partial charge in [0.25, 0.3) is 0 Å². The second-order valence-electron chi connectivity index (χ2n) is 5.01. The summed E-state index contributed by atoms with van der Waals surface area (Å²) in [5.74, 6) is 0.108. The molecule has 2 aliphatic heterocycles. The number of benzene rings is 1. The highest BCUT2D eigenvalue weighted by Crippen LogP contribution is 2.40. The fraction of sp³-hybridized carbons (Fsp3) is 0.462. The van der Waals surface area contributed by atoms with Crippen LogP contribution in [-0.4, -0.2) is 19.1 Å². The molecule has 17 heavy (non-hydrogen) atoms. The lowest BCUT2D eigenvalue weighted by Gasteiger charge is -2.24. The Morgan fingerprint density at radius 2 is 2.24 bits per heavy atom. The van der Waals surface area contributed by atoms with Crippen LogP contribution >= 0.6 is 15.9 Å². The molecule has 2 aliphatic rings. The molecule has 1 atom stereocenters. The van der Waals surface area contributed by atoms with Crippen LogP contribution in [0.1, 0.15) is 18.4 Å². The van der Waals surface area contributed by atoms with E-state index in [0.717, 1.165) is 29.6 Å². The molecule has 1 spiro atoms. The Bertz CT molecular complexity index is 466. The van der Waals surface area contributed by atoms with Gasteiger partial charge < -0.3 is 10.1 Å². The molecular formula is C13H14BrNO2. The minimum Gasteiger partial charge on any atom is -0.381 e. The van der Waals surface area contributed by atoms with Crippen LogP contribution in [0, 0.1) is 5.41 Å². The van der Waals surface area contributed by atoms with Gasteiger partial charge in [0.2, 0.25) is 5.91 Å². The number of fused-ring (bicyclic) bond motifs is 1. The Morgan fingerprint density at radius 3 is 3.00 bits per heavy atom. The summed E-state index contributed by atoms with van der Waals surface area (Å²) in [7, 11) is 0. The number of hydrogen-bond acceptors (Lipinski definition) is 2. The van der Waals surface area contributed by atoms with Crippen molar-refractivity contribution in [3.05, 3.63) is 28.2 Å². The zero-order chi connectivity index (χ0) is 11.9. The van der Waals surface area contributed by atoms with E-state index in [0.29, 0.717) is 13.0 Å². The Hall–Kier alpha value is -0.870. The third-order valence-electron chi connectivity index (χ3n) is 3.63. The molecule has 1 N–H and O–H groups in total. The molecule has 3 rings (SSSR count). The summed E-state index contributed by atoms with van der Waals surface area (Å²) in [6, 6.07) is 6.02. The molecule has 1 aromatic rings. The van der Waals surface area contributed by atoms with Crippen molar-refractivity contribution in [3.63, 3.8) is 0 Å². The Balaban J connectivity index is 2.02. The van der Waals surface area contributed by atoms with Crippen molar-refractivity contribution in [2.75, 3.05) is 18.5 Å². The van der Waals surface area contributed by atoms with Crippen LogP contribution in [0.25, 0.3) is 0 Å². The predicted molar refractivity (Wildman–Crippen MR) is 69.0 cm³/mol. The normalized spacial score (nSPS) is 27.7. The van der Waals surface area contributed by atoms with Crippen molar-refractivity contribution in [1.82, 2.24) is 0 Å². The minimum atomic E-state index is 0.0100. The minimum absolute atomic E-state index is 0.0100. The van der Waals surface area contributed by atoms with Gasteiger partial charge in [-0.3, -0.25) is 4.79 Å². The van der Waals surface area contributed by atoms with Gasteiger partial charge in [0.15, 0.2) is 0 Å². The monoisotopic (exact) mass is 295 g/mol. The van der Waals surface area contributed by atoms with Gasteiger partial charge in [0.1, 0.15) is 0 Å². The van der Waals surface area contributed by atoms with Gasteiger partial charge in [-0.2, -0.15) is 0 Å². The quantitative estimate of drug-likeness (QED) is 0.799. The topological polar surface area (TPSA) is 38.3 Å². The van der Waals surface area contributed by atoms with E-state index in [4.69, 9.17) is 4.74 Å². The van der Waals surface area contributed by atoms with Crippen LogP contribution in [-0.2, 0) is 16.0 Å². The molecule has 4 heteroatoms. The van der Waals surface area contributed by atoms with E-state index >= 15 is 0 Å². The lowest BCUT2D eigenvalue weighted by molar-refractivity contribution is -0.118. The molecule has 1 amide bonds. The van der Waals surface area contributed by atoms with E-state index in [1.807, 2.05) is 12.1 Å². The van der Waals surface area contributed by atoms with E-state index in [9.17, 15) is 4.79 Å². The first-order valence-corrected chi connectivity index (χ1v) is 6.62. The van der Waals surface area contributed by atoms with E-state index < -0.39 is 0 Å². The number of nitrogens with one attached hydrogen (secondary N) is 1. The summed E-state index contributed by atoms with van der Waals surface area (Å²) in [6.07, 6.45) is 2.46. The zero-order valence-corrected chi connectivity index (χ0v) is 11.0. The fourth-order valence-corrected chi connectivity index (χ4v) is 3.17. The second kappa shape index (κ2) is 4.10. The summed E-state index contributed by atoms with van der Waals surface area (Å²) < 4.78 is 6.55. The molecule has 1 saturated heterocycles. The first-order chi connectivity index (χ1) is 8.17. The predicted octanol–water partition coefficient (Wildman–Crippen LogP) is 2.74. The number of rotatable bonds is 0. The molecule has 1 unspecified atom stereocenters. The maximum absolute atomic E-state index is 11.9. The highest BCUT2D eigenvalue weighted by atomic mass is 79.9. The number of carbonyl (C=O) groups is 1. The Kier molecular flexibility index (Phi) is 2.71. The average molecular weight is 296 g/mol. The Labute approximate surface area is 109 Å². The number of ether oxygens (including phenoxy) is 1. The second-order valence-corrected chi connectivity index (χ2v) is 5.92. The van der Waals surface area contributed by atoms with Crippen molar-refractivity contribution >= 4 is 27.5 Å². The van der Waals surface area contributed by atoms with Crippen molar-refractivity contribution in [1.29, 1.82) is 0 Å². The third kappa shape index (κ3) is 2.11. The lowest BCUT2D eigenvalue weighted by atomic mass is 9.78. The number of hydrogen-bond donors (Lipinski definition) is 1. The molecule has 90 valence electrons. The van der Waals surface area contributed by atoms with Crippen LogP contribution in [0.3, 0.4) is 0 Å². The van der Waals surface area contributed by atoms with Gasteiger partial charge in [-0.25, -0.2) is 0 Å². The van der Waals surface area contributed by atoms with E-state index in [1.165, 1.54) is 5.56 Å². The average Bonchev–Trinajstić information content (AvgIpc) is 2.64. The first-order valence-electron chi connectivity index (χ1n) is 5.83. The molecule has 1 aromatic carbocycles. The maximum atomic E-state index is 11.9. The zero-order valence-electron chi connectivity index (χ0n) is 9.46. The van der Waals surface area contributed by atoms with E-state index in [1.54, 1.807) is 0 Å². The van der Waals surface area contributed by atoms with Gasteiger partial charge in [0, 0.05) is 28.6 Å². The Morgan fingerprint density at radius 1 is 1.35 bits per heavy atom. The van der Waals surface area contributed by atoms with Crippen molar-refractivity contribution < 1.29 is 9.53 Å². The first kappa shape index (κ1) is 11.2. The smallest absolute Gasteiger partial charge is 0.225 e. The molecule has 3 nitrogen and oxygen atoms in total. The highest BCUT2D eigenvalue weighted by molar-refractivity contribution is 9.10. The summed E-state index contributed by atoms with van der Waals surface area (Å²) >= 11 is 3.48. The van der Waals surface area contributed by atoms with Crippen LogP contribution in [0.4, 0.5) is 5.69 Å². The summed E-state index contributed by atoms with van der Waals surface area (Å²) in [5.41, 5.74) is 2.16. The molecule has 0 saturated carbocycles. The van der Waals surface area contributed by atoms with Gasteiger partial charge >= 0.3 is 0 Å². The highest BCUT2D eigenvalue weighted by Gasteiger charge is 2.39. The van der Waals surface area contributed by atoms with Crippen LogP contribution in [0.15, 0.2) is 22.7 Å². The number of anilines is 1. The SMILES string of the molecule is O=C1CC2(CCOC2)Cc2cc(Br)ccc2N1. The summed E-state index contributed by atoms with van der Waals surface area (Å²) in [5, 5.41) is 2.99. The van der Waals surface area contributed by atoms with Crippen molar-refractivity contribution in [2.24, 2.45) is 5.41 Å². The van der Waals surface area contributed by atoms with E-state index in [2.05, 4.69) is 27.3 Å². The van der Waals surface area contributed by atoms with Crippen LogP contribution in [0.5, 0.6) is 0 Å². The van der Waals surface area contributed by atoms with Crippen LogP contribution in [0.2, 0.25) is 0 Å². The van der Waals surface area contributed by atoms with Gasteiger partial charge in [-0.05, 0) is 36.6 Å². The van der Waals surface area contributed by atoms with E-state index in [-0.39, 0.29) is 11.3 Å². The fourth-order valence-electron chi connectivity index (χ4n) is 2.76. The number of amides is 1. The maximum Gasteiger partial charge on any atom is 0.225 e. The molecule has 0 aromatic heterocycles. The molecule has 1 fully saturated rings. The standard InChI is InChI=1S/C13H14BrNO2/c14-10-1-2-11-9(5-10)6-13(3-4-17-8-13)7-12(16)15-11/h1-2,5H,3-4,6-8H2,(H,15,16). The molecule has 0 bridgehead atoms. The van der Waals surface area contributed by atoms with Crippen molar-refractivity contribution in [3.8, 4) is 0 Å². The largest absolute Gasteiger partial charge is 0.381 e. The lowest BCUT2D eigenvalue weighted by Crippen LogP contribution is -2.27. The molecule has 0 aliphatic carbocycles. The number of halogens is 1. The molecule has 2 heterocycles.